The smallest absolute Gasteiger partial charge is 0.254 e. The van der Waals surface area contributed by atoms with E-state index in [9.17, 15) is 9.59 Å². The molecule has 0 aliphatic carbocycles. The average molecular weight is 461 g/mol. The molecule has 6 nitrogen and oxygen atoms in total. The van der Waals surface area contributed by atoms with Gasteiger partial charge in [-0.2, -0.15) is 0 Å². The van der Waals surface area contributed by atoms with E-state index < -0.39 is 0 Å². The number of ether oxygens (including phenoxy) is 1. The van der Waals surface area contributed by atoms with Crippen LogP contribution in [0.5, 0.6) is 5.75 Å². The van der Waals surface area contributed by atoms with Crippen molar-refractivity contribution in [3.05, 3.63) is 103 Å². The molecule has 0 saturated carbocycles. The van der Waals surface area contributed by atoms with Crippen LogP contribution in [0.4, 0.5) is 0 Å². The first-order valence-electron chi connectivity index (χ1n) is 11.6. The van der Waals surface area contributed by atoms with E-state index in [4.69, 9.17) is 9.15 Å². The fourth-order valence-corrected chi connectivity index (χ4v) is 3.48. The second kappa shape index (κ2) is 13.0. The van der Waals surface area contributed by atoms with E-state index in [1.54, 1.807) is 47.6 Å². The van der Waals surface area contributed by atoms with Gasteiger partial charge in [-0.1, -0.05) is 49.8 Å². The molecule has 0 aliphatic rings. The quantitative estimate of drug-likeness (QED) is 0.256. The summed E-state index contributed by atoms with van der Waals surface area (Å²) in [5, 5.41) is 0. The van der Waals surface area contributed by atoms with Gasteiger partial charge in [0.1, 0.15) is 18.1 Å². The molecule has 1 aromatic heterocycles. The van der Waals surface area contributed by atoms with Gasteiger partial charge < -0.3 is 19.0 Å². The van der Waals surface area contributed by atoms with Gasteiger partial charge in [0, 0.05) is 18.7 Å². The van der Waals surface area contributed by atoms with Crippen LogP contribution >= 0.6 is 0 Å². The summed E-state index contributed by atoms with van der Waals surface area (Å²) in [4.78, 5) is 29.7. The minimum Gasteiger partial charge on any atom is -0.494 e. The standard InChI is InChI=1S/C28H32N2O4/c1-3-5-18-33-25-15-13-24(14-16-25)28(32)29(17-4-2)22-27(31)30(21-26-12-9-19-34-26)20-23-10-7-6-8-11-23/h4,6-16,19H,2-3,5,17-18,20-22H2,1H3. The average Bonchev–Trinajstić information content (AvgIpc) is 3.37. The first-order valence-corrected chi connectivity index (χ1v) is 11.6. The maximum absolute atomic E-state index is 13.3. The summed E-state index contributed by atoms with van der Waals surface area (Å²) in [6, 6.07) is 20.4. The third-order valence-electron chi connectivity index (χ3n) is 5.33. The summed E-state index contributed by atoms with van der Waals surface area (Å²) in [5.74, 6) is 1.01. The molecule has 0 fully saturated rings. The van der Waals surface area contributed by atoms with Crippen molar-refractivity contribution in [1.82, 2.24) is 9.80 Å². The van der Waals surface area contributed by atoms with Crippen LogP contribution in [0.2, 0.25) is 0 Å². The third-order valence-corrected chi connectivity index (χ3v) is 5.33. The Kier molecular flexibility index (Phi) is 9.52. The minimum absolute atomic E-state index is 0.0624. The number of furan rings is 1. The zero-order valence-corrected chi connectivity index (χ0v) is 19.7. The van der Waals surface area contributed by atoms with Crippen molar-refractivity contribution in [3.63, 3.8) is 0 Å². The molecule has 1 heterocycles. The first kappa shape index (κ1) is 24.8. The highest BCUT2D eigenvalue weighted by molar-refractivity contribution is 5.96. The molecule has 0 bridgehead atoms. The number of carbonyl (C=O) groups excluding carboxylic acids is 2. The maximum Gasteiger partial charge on any atom is 0.254 e. The Labute approximate surface area is 201 Å². The number of carbonyl (C=O) groups is 2. The predicted molar refractivity (Wildman–Crippen MR) is 132 cm³/mol. The van der Waals surface area contributed by atoms with E-state index in [0.717, 1.165) is 24.2 Å². The SMILES string of the molecule is C=CCN(CC(=O)N(Cc1ccccc1)Cc1ccco1)C(=O)c1ccc(OCCCC)cc1. The van der Waals surface area contributed by atoms with Gasteiger partial charge in [0.15, 0.2) is 0 Å². The van der Waals surface area contributed by atoms with Gasteiger partial charge in [0.2, 0.25) is 5.91 Å². The van der Waals surface area contributed by atoms with Crippen LogP contribution in [-0.4, -0.2) is 41.3 Å². The lowest BCUT2D eigenvalue weighted by atomic mass is 10.1. The van der Waals surface area contributed by atoms with Crippen molar-refractivity contribution < 1.29 is 18.7 Å². The molecule has 0 saturated heterocycles. The number of rotatable bonds is 13. The number of hydrogen-bond donors (Lipinski definition) is 0. The highest BCUT2D eigenvalue weighted by Crippen LogP contribution is 2.16. The van der Waals surface area contributed by atoms with Gasteiger partial charge in [-0.3, -0.25) is 9.59 Å². The lowest BCUT2D eigenvalue weighted by Crippen LogP contribution is -2.42. The molecule has 0 N–H and O–H groups in total. The van der Waals surface area contributed by atoms with Crippen LogP contribution in [0.3, 0.4) is 0 Å². The van der Waals surface area contributed by atoms with E-state index in [1.807, 2.05) is 36.4 Å². The van der Waals surface area contributed by atoms with Gasteiger partial charge in [0.25, 0.3) is 5.91 Å². The van der Waals surface area contributed by atoms with Gasteiger partial charge in [0.05, 0.1) is 19.4 Å². The molecule has 0 spiro atoms. The van der Waals surface area contributed by atoms with Crippen LogP contribution in [0.15, 0.2) is 90.1 Å². The second-order valence-corrected chi connectivity index (χ2v) is 8.02. The van der Waals surface area contributed by atoms with Crippen LogP contribution in [0.1, 0.15) is 41.4 Å². The highest BCUT2D eigenvalue weighted by atomic mass is 16.5. The van der Waals surface area contributed by atoms with E-state index in [-0.39, 0.29) is 24.9 Å². The molecule has 2 aromatic carbocycles. The normalized spacial score (nSPS) is 10.5. The van der Waals surface area contributed by atoms with Crippen molar-refractivity contribution in [1.29, 1.82) is 0 Å². The molecule has 0 unspecified atom stereocenters. The Morgan fingerprint density at radius 3 is 2.38 bits per heavy atom. The fourth-order valence-electron chi connectivity index (χ4n) is 3.48. The minimum atomic E-state index is -0.231. The summed E-state index contributed by atoms with van der Waals surface area (Å²) < 4.78 is 11.1. The molecule has 34 heavy (non-hydrogen) atoms. The van der Waals surface area contributed by atoms with Crippen LogP contribution < -0.4 is 4.74 Å². The molecule has 3 aromatic rings. The molecular formula is C28H32N2O4. The van der Waals surface area contributed by atoms with E-state index in [1.165, 1.54) is 4.90 Å². The number of amides is 2. The summed E-state index contributed by atoms with van der Waals surface area (Å²) in [6.07, 6.45) is 5.25. The zero-order valence-electron chi connectivity index (χ0n) is 19.7. The molecular weight excluding hydrogens is 428 g/mol. The predicted octanol–water partition coefficient (Wildman–Crippen LogP) is 5.32. The van der Waals surface area contributed by atoms with E-state index in [0.29, 0.717) is 31.0 Å². The van der Waals surface area contributed by atoms with Crippen LogP contribution in [0.25, 0.3) is 0 Å². The molecule has 178 valence electrons. The fraction of sp³-hybridized carbons (Fsp3) is 0.286. The van der Waals surface area contributed by atoms with Crippen molar-refractivity contribution in [2.45, 2.75) is 32.9 Å². The van der Waals surface area contributed by atoms with Gasteiger partial charge in [-0.05, 0) is 48.4 Å². The Morgan fingerprint density at radius 1 is 0.971 bits per heavy atom. The molecule has 3 rings (SSSR count). The maximum atomic E-state index is 13.3. The van der Waals surface area contributed by atoms with Crippen LogP contribution in [-0.2, 0) is 17.9 Å². The number of benzene rings is 2. The molecule has 2 amide bonds. The Morgan fingerprint density at radius 2 is 1.74 bits per heavy atom. The van der Waals surface area contributed by atoms with Crippen molar-refractivity contribution >= 4 is 11.8 Å². The van der Waals surface area contributed by atoms with Crippen molar-refractivity contribution in [2.75, 3.05) is 19.7 Å². The molecule has 0 aliphatic heterocycles. The molecule has 0 radical (unpaired) electrons. The summed E-state index contributed by atoms with van der Waals surface area (Å²) in [6.45, 7) is 7.45. The first-order chi connectivity index (χ1) is 16.6. The molecule has 6 heteroatoms. The lowest BCUT2D eigenvalue weighted by Gasteiger charge is -2.27. The van der Waals surface area contributed by atoms with E-state index >= 15 is 0 Å². The van der Waals surface area contributed by atoms with E-state index in [2.05, 4.69) is 13.5 Å². The topological polar surface area (TPSA) is 63.0 Å². The highest BCUT2D eigenvalue weighted by Gasteiger charge is 2.23. The Balaban J connectivity index is 1.71. The van der Waals surface area contributed by atoms with Gasteiger partial charge in [-0.15, -0.1) is 6.58 Å². The molecule has 0 atom stereocenters. The second-order valence-electron chi connectivity index (χ2n) is 8.02. The number of unbranched alkanes of at least 4 members (excludes halogenated alkanes) is 1. The summed E-state index contributed by atoms with van der Waals surface area (Å²) >= 11 is 0. The Hall–Kier alpha value is -3.80. The summed E-state index contributed by atoms with van der Waals surface area (Å²) in [7, 11) is 0. The Bertz CT molecular complexity index is 1030. The zero-order chi connectivity index (χ0) is 24.2. The largest absolute Gasteiger partial charge is 0.494 e. The summed E-state index contributed by atoms with van der Waals surface area (Å²) in [5.41, 5.74) is 1.50. The van der Waals surface area contributed by atoms with Gasteiger partial charge >= 0.3 is 0 Å². The number of nitrogens with zero attached hydrogens (tertiary/aromatic N) is 2. The third kappa shape index (κ3) is 7.37. The monoisotopic (exact) mass is 460 g/mol. The number of hydrogen-bond acceptors (Lipinski definition) is 4. The van der Waals surface area contributed by atoms with Gasteiger partial charge in [-0.25, -0.2) is 0 Å². The lowest BCUT2D eigenvalue weighted by molar-refractivity contribution is -0.133. The van der Waals surface area contributed by atoms with Crippen molar-refractivity contribution in [2.24, 2.45) is 0 Å². The van der Waals surface area contributed by atoms with Crippen LogP contribution in [0, 0.1) is 0 Å². The van der Waals surface area contributed by atoms with Crippen molar-refractivity contribution in [3.8, 4) is 5.75 Å².